The Morgan fingerprint density at radius 2 is 2.14 bits per heavy atom. The highest BCUT2D eigenvalue weighted by atomic mass is 16.3. The van der Waals surface area contributed by atoms with E-state index in [0.29, 0.717) is 5.56 Å². The van der Waals surface area contributed by atoms with Gasteiger partial charge in [0.1, 0.15) is 5.60 Å². The molecular weight excluding hydrogens is 280 g/mol. The second-order valence-corrected chi connectivity index (χ2v) is 5.79. The van der Waals surface area contributed by atoms with Crippen molar-refractivity contribution in [3.63, 3.8) is 0 Å². The minimum absolute atomic E-state index is 0.0597. The van der Waals surface area contributed by atoms with Crippen LogP contribution in [0.2, 0.25) is 0 Å². The molecule has 4 heterocycles. The highest BCUT2D eigenvalue weighted by Gasteiger charge is 2.47. The Bertz CT molecular complexity index is 825. The number of carbonyl (C=O) groups is 1. The zero-order valence-corrected chi connectivity index (χ0v) is 12.2. The molecule has 22 heavy (non-hydrogen) atoms. The average molecular weight is 296 g/mol. The molecule has 0 bridgehead atoms. The van der Waals surface area contributed by atoms with Crippen LogP contribution >= 0.6 is 0 Å². The quantitative estimate of drug-likeness (QED) is 0.768. The lowest BCUT2D eigenvalue weighted by Crippen LogP contribution is -2.61. The Labute approximate surface area is 127 Å². The van der Waals surface area contributed by atoms with E-state index in [0.717, 1.165) is 11.2 Å². The van der Waals surface area contributed by atoms with Crippen molar-refractivity contribution in [2.45, 2.75) is 5.60 Å². The van der Waals surface area contributed by atoms with Gasteiger partial charge in [0.2, 0.25) is 0 Å². The molecule has 0 spiro atoms. The number of fused-ring (bicyclic) bond motifs is 1. The number of aliphatic hydroxyl groups is 1. The van der Waals surface area contributed by atoms with Crippen LogP contribution < -0.4 is 0 Å². The predicted octanol–water partition coefficient (Wildman–Crippen LogP) is 1.02. The number of likely N-dealkylation sites (tertiary alicyclic amines) is 1. The molecular formula is C16H16N4O2. The van der Waals surface area contributed by atoms with E-state index in [9.17, 15) is 9.90 Å². The molecule has 1 aliphatic heterocycles. The topological polar surface area (TPSA) is 62.8 Å². The van der Waals surface area contributed by atoms with Gasteiger partial charge < -0.3 is 14.4 Å². The molecule has 3 aromatic heterocycles. The van der Waals surface area contributed by atoms with Crippen molar-refractivity contribution in [3.05, 3.63) is 60.2 Å². The minimum atomic E-state index is -1.000. The van der Waals surface area contributed by atoms with E-state index in [1.165, 1.54) is 0 Å². The summed E-state index contributed by atoms with van der Waals surface area (Å²) in [6.07, 6.45) is 5.38. The van der Waals surface area contributed by atoms with E-state index < -0.39 is 5.60 Å². The summed E-state index contributed by atoms with van der Waals surface area (Å²) >= 11 is 0. The molecule has 0 atom stereocenters. The maximum absolute atomic E-state index is 12.5. The molecule has 4 rings (SSSR count). The zero-order valence-electron chi connectivity index (χ0n) is 12.2. The summed E-state index contributed by atoms with van der Waals surface area (Å²) in [5, 5.41) is 14.7. The fraction of sp³-hybridized carbons (Fsp3) is 0.250. The van der Waals surface area contributed by atoms with Crippen molar-refractivity contribution in [3.8, 4) is 0 Å². The van der Waals surface area contributed by atoms with Crippen LogP contribution in [0.3, 0.4) is 0 Å². The minimum Gasteiger partial charge on any atom is -0.380 e. The Morgan fingerprint density at radius 1 is 1.32 bits per heavy atom. The molecule has 3 aromatic rings. The molecule has 0 unspecified atom stereocenters. The average Bonchev–Trinajstić information content (AvgIpc) is 3.09. The van der Waals surface area contributed by atoms with Crippen LogP contribution in [0, 0.1) is 0 Å². The molecule has 112 valence electrons. The van der Waals surface area contributed by atoms with Gasteiger partial charge in [0.05, 0.1) is 24.3 Å². The number of nitrogens with zero attached hydrogens (tertiary/aromatic N) is 4. The van der Waals surface area contributed by atoms with Gasteiger partial charge in [-0.3, -0.25) is 9.48 Å². The van der Waals surface area contributed by atoms with Gasteiger partial charge in [-0.1, -0.05) is 6.07 Å². The Morgan fingerprint density at radius 3 is 2.82 bits per heavy atom. The number of hydrogen-bond donors (Lipinski definition) is 1. The van der Waals surface area contributed by atoms with Crippen molar-refractivity contribution >= 4 is 11.4 Å². The summed E-state index contributed by atoms with van der Waals surface area (Å²) < 4.78 is 3.56. The Balaban J connectivity index is 1.55. The summed E-state index contributed by atoms with van der Waals surface area (Å²) in [5.74, 6) is -0.0597. The normalized spacial score (nSPS) is 16.7. The standard InChI is InChI=1S/C16H16N4O2/c1-18-14(5-6-17-18)16(22)10-20(11-16)15(21)12-8-13-4-2-3-7-19(13)9-12/h2-9,22H,10-11H2,1H3. The van der Waals surface area contributed by atoms with Crippen LogP contribution in [-0.2, 0) is 12.6 Å². The van der Waals surface area contributed by atoms with E-state index >= 15 is 0 Å². The van der Waals surface area contributed by atoms with Crippen molar-refractivity contribution in [1.29, 1.82) is 0 Å². The molecule has 0 radical (unpaired) electrons. The van der Waals surface area contributed by atoms with Crippen LogP contribution in [0.5, 0.6) is 0 Å². The third-order valence-corrected chi connectivity index (χ3v) is 4.24. The zero-order chi connectivity index (χ0) is 15.3. The van der Waals surface area contributed by atoms with E-state index in [-0.39, 0.29) is 19.0 Å². The SMILES string of the molecule is Cn1nccc1C1(O)CN(C(=O)c2cc3ccccn3c2)C1. The second kappa shape index (κ2) is 4.45. The molecule has 0 aliphatic carbocycles. The number of β-amino-alcohol motifs (C(OH)–C–C–N with tert-alkyl or cyclic N) is 1. The predicted molar refractivity (Wildman–Crippen MR) is 80.4 cm³/mol. The summed E-state index contributed by atoms with van der Waals surface area (Å²) in [6.45, 7) is 0.578. The molecule has 1 amide bonds. The first-order chi connectivity index (χ1) is 10.6. The van der Waals surface area contributed by atoms with E-state index in [1.807, 2.05) is 41.1 Å². The van der Waals surface area contributed by atoms with Gasteiger partial charge in [-0.25, -0.2) is 0 Å². The summed E-state index contributed by atoms with van der Waals surface area (Å²) in [4.78, 5) is 14.2. The number of pyridine rings is 1. The smallest absolute Gasteiger partial charge is 0.255 e. The Kier molecular flexibility index (Phi) is 2.65. The summed E-state index contributed by atoms with van der Waals surface area (Å²) in [5.41, 5.74) is 1.35. The fourth-order valence-corrected chi connectivity index (χ4v) is 3.08. The molecule has 1 aliphatic rings. The molecule has 6 nitrogen and oxygen atoms in total. The largest absolute Gasteiger partial charge is 0.380 e. The highest BCUT2D eigenvalue weighted by Crippen LogP contribution is 2.32. The third kappa shape index (κ3) is 1.84. The first-order valence-electron chi connectivity index (χ1n) is 7.14. The number of aromatic nitrogens is 3. The number of carbonyl (C=O) groups excluding carboxylic acids is 1. The van der Waals surface area contributed by atoms with Crippen molar-refractivity contribution < 1.29 is 9.90 Å². The number of hydrogen-bond acceptors (Lipinski definition) is 3. The van der Waals surface area contributed by atoms with E-state index in [4.69, 9.17) is 0 Å². The Hall–Kier alpha value is -2.60. The molecule has 0 saturated carbocycles. The first kappa shape index (κ1) is 13.1. The molecule has 1 saturated heterocycles. The van der Waals surface area contributed by atoms with E-state index in [1.54, 1.807) is 28.9 Å². The van der Waals surface area contributed by atoms with Crippen LogP contribution in [0.1, 0.15) is 16.1 Å². The van der Waals surface area contributed by atoms with Gasteiger partial charge >= 0.3 is 0 Å². The second-order valence-electron chi connectivity index (χ2n) is 5.79. The molecule has 1 fully saturated rings. The first-order valence-corrected chi connectivity index (χ1v) is 7.14. The van der Waals surface area contributed by atoms with Gasteiger partial charge in [-0.15, -0.1) is 0 Å². The summed E-state index contributed by atoms with van der Waals surface area (Å²) in [7, 11) is 1.79. The van der Waals surface area contributed by atoms with Crippen LogP contribution in [0.25, 0.3) is 5.52 Å². The number of aryl methyl sites for hydroxylation is 1. The van der Waals surface area contributed by atoms with Crippen molar-refractivity contribution in [1.82, 2.24) is 19.1 Å². The molecule has 0 aromatic carbocycles. The van der Waals surface area contributed by atoms with Gasteiger partial charge in [0.15, 0.2) is 0 Å². The lowest BCUT2D eigenvalue weighted by Gasteiger charge is -2.46. The van der Waals surface area contributed by atoms with Gasteiger partial charge in [0.25, 0.3) is 5.91 Å². The van der Waals surface area contributed by atoms with Crippen LogP contribution in [0.15, 0.2) is 48.9 Å². The van der Waals surface area contributed by atoms with Gasteiger partial charge in [0, 0.05) is 31.2 Å². The van der Waals surface area contributed by atoms with Crippen molar-refractivity contribution in [2.75, 3.05) is 13.1 Å². The summed E-state index contributed by atoms with van der Waals surface area (Å²) in [6, 6.07) is 9.47. The maximum atomic E-state index is 12.5. The molecule has 1 N–H and O–H groups in total. The molecule has 6 heteroatoms. The number of rotatable bonds is 2. The lowest BCUT2D eigenvalue weighted by molar-refractivity contribution is -0.0914. The monoisotopic (exact) mass is 296 g/mol. The maximum Gasteiger partial charge on any atom is 0.255 e. The van der Waals surface area contributed by atoms with Crippen LogP contribution in [-0.4, -0.2) is 43.2 Å². The van der Waals surface area contributed by atoms with Crippen LogP contribution in [0.4, 0.5) is 0 Å². The lowest BCUT2D eigenvalue weighted by atomic mass is 9.90. The van der Waals surface area contributed by atoms with Crippen molar-refractivity contribution in [2.24, 2.45) is 7.05 Å². The number of amides is 1. The van der Waals surface area contributed by atoms with Gasteiger partial charge in [-0.2, -0.15) is 5.10 Å². The third-order valence-electron chi connectivity index (χ3n) is 4.24. The van der Waals surface area contributed by atoms with E-state index in [2.05, 4.69) is 5.10 Å². The van der Waals surface area contributed by atoms with Gasteiger partial charge in [-0.05, 0) is 24.3 Å². The highest BCUT2D eigenvalue weighted by molar-refractivity contribution is 5.96. The fourth-order valence-electron chi connectivity index (χ4n) is 3.08.